The molecule has 0 aliphatic carbocycles. The number of nitrogens with zero attached hydrogens (tertiary/aromatic N) is 2. The lowest BCUT2D eigenvalue weighted by Gasteiger charge is -2.30. The smallest absolute Gasteiger partial charge is 0.152 e. The minimum absolute atomic E-state index is 1.11. The fraction of sp³-hybridized carbons (Fsp3) is 0.615. The van der Waals surface area contributed by atoms with E-state index >= 15 is 0 Å². The molecule has 1 saturated heterocycles. The second-order valence-corrected chi connectivity index (χ2v) is 4.58. The van der Waals surface area contributed by atoms with Crippen LogP contribution in [-0.2, 0) is 0 Å². The van der Waals surface area contributed by atoms with E-state index < -0.39 is 0 Å². The van der Waals surface area contributed by atoms with Crippen LogP contribution in [0.25, 0.3) is 0 Å². The van der Waals surface area contributed by atoms with Crippen molar-refractivity contribution < 1.29 is 0 Å². The number of nitrogens with one attached hydrogen (secondary N) is 1. The first kappa shape index (κ1) is 11.2. The van der Waals surface area contributed by atoms with Crippen LogP contribution < -0.4 is 10.2 Å². The molecule has 0 bridgehead atoms. The second-order valence-electron chi connectivity index (χ2n) is 4.58. The zero-order chi connectivity index (χ0) is 11.5. The van der Waals surface area contributed by atoms with Crippen LogP contribution in [0, 0.1) is 13.8 Å². The molecule has 1 N–H and O–H groups in total. The predicted octanol–water partition coefficient (Wildman–Crippen LogP) is 2.73. The Kier molecular flexibility index (Phi) is 3.32. The summed E-state index contributed by atoms with van der Waals surface area (Å²) in [6, 6.07) is 2.14. The van der Waals surface area contributed by atoms with Crippen LogP contribution in [0.5, 0.6) is 0 Å². The Balaban J connectivity index is 2.36. The molecule has 0 unspecified atom stereocenters. The minimum atomic E-state index is 1.11. The summed E-state index contributed by atoms with van der Waals surface area (Å²) in [4.78, 5) is 7.10. The summed E-state index contributed by atoms with van der Waals surface area (Å²) in [6.07, 6.45) is 3.94. The van der Waals surface area contributed by atoms with Gasteiger partial charge in [-0.15, -0.1) is 0 Å². The maximum Gasteiger partial charge on any atom is 0.152 e. The lowest BCUT2D eigenvalue weighted by Crippen LogP contribution is -2.31. The average Bonchev–Trinajstić information content (AvgIpc) is 2.29. The largest absolute Gasteiger partial charge is 0.385 e. The Hall–Kier alpha value is -1.25. The van der Waals surface area contributed by atoms with E-state index in [1.54, 1.807) is 0 Å². The standard InChI is InChI=1S/C13H21N3/c1-10-9-11(2)15-13(12(10)14-3)16-7-5-4-6-8-16/h9,14H,4-8H2,1-3H3. The van der Waals surface area contributed by atoms with Crippen molar-refractivity contribution in [2.24, 2.45) is 0 Å². The SMILES string of the molecule is CNc1c(C)cc(C)nc1N1CCCCC1. The first-order valence-electron chi connectivity index (χ1n) is 6.13. The summed E-state index contributed by atoms with van der Waals surface area (Å²) in [5.41, 5.74) is 3.58. The molecule has 88 valence electrons. The van der Waals surface area contributed by atoms with Crippen molar-refractivity contribution in [3.63, 3.8) is 0 Å². The average molecular weight is 219 g/mol. The van der Waals surface area contributed by atoms with Crippen LogP contribution in [0.15, 0.2) is 6.07 Å². The fourth-order valence-corrected chi connectivity index (χ4v) is 2.46. The molecule has 0 spiro atoms. The van der Waals surface area contributed by atoms with Crippen molar-refractivity contribution in [1.82, 2.24) is 4.98 Å². The van der Waals surface area contributed by atoms with Crippen LogP contribution in [0.2, 0.25) is 0 Å². The van der Waals surface area contributed by atoms with Gasteiger partial charge >= 0.3 is 0 Å². The Morgan fingerprint density at radius 2 is 1.88 bits per heavy atom. The van der Waals surface area contributed by atoms with E-state index in [2.05, 4.69) is 30.1 Å². The van der Waals surface area contributed by atoms with E-state index in [1.165, 1.54) is 30.5 Å². The van der Waals surface area contributed by atoms with E-state index in [0.717, 1.165) is 24.6 Å². The molecule has 1 aromatic heterocycles. The Bertz CT molecular complexity index is 368. The van der Waals surface area contributed by atoms with E-state index in [1.807, 2.05) is 7.05 Å². The topological polar surface area (TPSA) is 28.2 Å². The van der Waals surface area contributed by atoms with Crippen molar-refractivity contribution in [1.29, 1.82) is 0 Å². The lowest BCUT2D eigenvalue weighted by molar-refractivity contribution is 0.573. The number of anilines is 2. The summed E-state index contributed by atoms with van der Waals surface area (Å²) in [6.45, 7) is 6.50. The molecule has 0 saturated carbocycles. The van der Waals surface area contributed by atoms with Crippen molar-refractivity contribution in [2.75, 3.05) is 30.4 Å². The maximum atomic E-state index is 4.69. The Morgan fingerprint density at radius 1 is 1.19 bits per heavy atom. The summed E-state index contributed by atoms with van der Waals surface area (Å²) < 4.78 is 0. The van der Waals surface area contributed by atoms with Gasteiger partial charge < -0.3 is 10.2 Å². The lowest BCUT2D eigenvalue weighted by atomic mass is 10.1. The second kappa shape index (κ2) is 4.73. The molecule has 0 aromatic carbocycles. The molecule has 0 amide bonds. The number of rotatable bonds is 2. The van der Waals surface area contributed by atoms with Crippen LogP contribution >= 0.6 is 0 Å². The number of hydrogen-bond acceptors (Lipinski definition) is 3. The highest BCUT2D eigenvalue weighted by molar-refractivity contribution is 5.69. The number of aromatic nitrogens is 1. The van der Waals surface area contributed by atoms with Gasteiger partial charge in [0.2, 0.25) is 0 Å². The van der Waals surface area contributed by atoms with E-state index in [0.29, 0.717) is 0 Å². The fourth-order valence-electron chi connectivity index (χ4n) is 2.46. The molecule has 0 radical (unpaired) electrons. The van der Waals surface area contributed by atoms with Gasteiger partial charge in [-0.2, -0.15) is 0 Å². The van der Waals surface area contributed by atoms with E-state index in [-0.39, 0.29) is 0 Å². The van der Waals surface area contributed by atoms with E-state index in [4.69, 9.17) is 4.98 Å². The maximum absolute atomic E-state index is 4.69. The van der Waals surface area contributed by atoms with Gasteiger partial charge in [0.15, 0.2) is 5.82 Å². The van der Waals surface area contributed by atoms with Gasteiger partial charge in [0, 0.05) is 25.8 Å². The van der Waals surface area contributed by atoms with Crippen LogP contribution in [-0.4, -0.2) is 25.1 Å². The summed E-state index contributed by atoms with van der Waals surface area (Å²) in [7, 11) is 1.98. The Labute approximate surface area is 97.9 Å². The molecule has 2 heterocycles. The zero-order valence-corrected chi connectivity index (χ0v) is 10.5. The highest BCUT2D eigenvalue weighted by atomic mass is 15.2. The molecule has 0 atom stereocenters. The van der Waals surface area contributed by atoms with Gasteiger partial charge in [-0.1, -0.05) is 0 Å². The summed E-state index contributed by atoms with van der Waals surface area (Å²) in [5, 5.41) is 3.28. The van der Waals surface area contributed by atoms with Gasteiger partial charge in [-0.25, -0.2) is 4.98 Å². The number of hydrogen-bond donors (Lipinski definition) is 1. The molecule has 2 rings (SSSR count). The van der Waals surface area contributed by atoms with Gasteiger partial charge in [0.05, 0.1) is 5.69 Å². The van der Waals surface area contributed by atoms with Crippen LogP contribution in [0.1, 0.15) is 30.5 Å². The first-order valence-corrected chi connectivity index (χ1v) is 6.13. The molecule has 1 fully saturated rings. The molecule has 1 aliphatic heterocycles. The van der Waals surface area contributed by atoms with Crippen molar-refractivity contribution in [3.8, 4) is 0 Å². The molecule has 1 aromatic rings. The van der Waals surface area contributed by atoms with Gasteiger partial charge in [-0.3, -0.25) is 0 Å². The third-order valence-electron chi connectivity index (χ3n) is 3.23. The number of aryl methyl sites for hydroxylation is 2. The normalized spacial score (nSPS) is 16.3. The predicted molar refractivity (Wildman–Crippen MR) is 69.3 cm³/mol. The highest BCUT2D eigenvalue weighted by Gasteiger charge is 2.17. The monoisotopic (exact) mass is 219 g/mol. The van der Waals surface area contributed by atoms with Crippen LogP contribution in [0.3, 0.4) is 0 Å². The molecular weight excluding hydrogens is 198 g/mol. The van der Waals surface area contributed by atoms with E-state index in [9.17, 15) is 0 Å². The third-order valence-corrected chi connectivity index (χ3v) is 3.23. The minimum Gasteiger partial charge on any atom is -0.385 e. The molecule has 3 heteroatoms. The molecular formula is C13H21N3. The van der Waals surface area contributed by atoms with Crippen LogP contribution in [0.4, 0.5) is 11.5 Å². The van der Waals surface area contributed by atoms with Gasteiger partial charge in [0.1, 0.15) is 0 Å². The Morgan fingerprint density at radius 3 is 2.50 bits per heavy atom. The molecule has 1 aliphatic rings. The third kappa shape index (κ3) is 2.13. The quantitative estimate of drug-likeness (QED) is 0.829. The summed E-state index contributed by atoms with van der Waals surface area (Å²) >= 11 is 0. The zero-order valence-electron chi connectivity index (χ0n) is 10.5. The number of piperidine rings is 1. The van der Waals surface area contributed by atoms with Gasteiger partial charge in [0.25, 0.3) is 0 Å². The first-order chi connectivity index (χ1) is 7.72. The molecule has 16 heavy (non-hydrogen) atoms. The number of pyridine rings is 1. The van der Waals surface area contributed by atoms with Crippen molar-refractivity contribution in [2.45, 2.75) is 33.1 Å². The van der Waals surface area contributed by atoms with Crippen molar-refractivity contribution in [3.05, 3.63) is 17.3 Å². The molecule has 3 nitrogen and oxygen atoms in total. The highest BCUT2D eigenvalue weighted by Crippen LogP contribution is 2.29. The summed E-state index contributed by atoms with van der Waals surface area (Å²) in [5.74, 6) is 1.14. The van der Waals surface area contributed by atoms with Gasteiger partial charge in [-0.05, 0) is 44.7 Å². The van der Waals surface area contributed by atoms with Crippen molar-refractivity contribution >= 4 is 11.5 Å².